The zero-order valence-corrected chi connectivity index (χ0v) is 13.9. The molecular formula is C20H32O. The molecule has 1 nitrogen and oxygen atoms in total. The number of ether oxygens (including phenoxy) is 1. The van der Waals surface area contributed by atoms with Gasteiger partial charge in [0.05, 0.1) is 6.10 Å². The third-order valence-corrected chi connectivity index (χ3v) is 4.21. The zero-order valence-electron chi connectivity index (χ0n) is 13.9. The maximum atomic E-state index is 5.73. The van der Waals surface area contributed by atoms with Crippen LogP contribution in [0.1, 0.15) is 70.0 Å². The molecule has 0 saturated heterocycles. The van der Waals surface area contributed by atoms with Gasteiger partial charge >= 0.3 is 0 Å². The maximum absolute atomic E-state index is 5.73. The van der Waals surface area contributed by atoms with E-state index >= 15 is 0 Å². The molecule has 1 rings (SSSR count). The lowest BCUT2D eigenvalue weighted by molar-refractivity contribution is 0.0643. The van der Waals surface area contributed by atoms with Crippen LogP contribution in [-0.2, 0) is 4.74 Å². The Balaban J connectivity index is 2.34. The van der Waals surface area contributed by atoms with E-state index in [0.29, 0.717) is 5.92 Å². The van der Waals surface area contributed by atoms with Crippen molar-refractivity contribution in [2.75, 3.05) is 7.11 Å². The highest BCUT2D eigenvalue weighted by molar-refractivity contribution is 5.19. The van der Waals surface area contributed by atoms with Gasteiger partial charge in [-0.1, -0.05) is 88.3 Å². The van der Waals surface area contributed by atoms with Gasteiger partial charge in [0.25, 0.3) is 0 Å². The summed E-state index contributed by atoms with van der Waals surface area (Å²) in [4.78, 5) is 0. The first kappa shape index (κ1) is 18.0. The molecule has 0 radical (unpaired) electrons. The van der Waals surface area contributed by atoms with Gasteiger partial charge in [0.1, 0.15) is 0 Å². The largest absolute Gasteiger partial charge is 0.376 e. The van der Waals surface area contributed by atoms with Crippen LogP contribution in [0.5, 0.6) is 0 Å². The summed E-state index contributed by atoms with van der Waals surface area (Å²) in [6.07, 6.45) is 12.8. The molecular weight excluding hydrogens is 256 g/mol. The van der Waals surface area contributed by atoms with Crippen LogP contribution in [-0.4, -0.2) is 7.11 Å². The summed E-state index contributed by atoms with van der Waals surface area (Å²) in [6.45, 7) is 6.28. The summed E-state index contributed by atoms with van der Waals surface area (Å²) in [7, 11) is 1.80. The topological polar surface area (TPSA) is 9.23 Å². The van der Waals surface area contributed by atoms with Crippen molar-refractivity contribution < 1.29 is 4.74 Å². The van der Waals surface area contributed by atoms with Crippen LogP contribution in [0.3, 0.4) is 0 Å². The van der Waals surface area contributed by atoms with E-state index in [1.807, 2.05) is 0 Å². The molecule has 0 aliphatic heterocycles. The summed E-state index contributed by atoms with van der Waals surface area (Å²) in [5.41, 5.74) is 1.26. The highest BCUT2D eigenvalue weighted by Gasteiger charge is 2.19. The number of unbranched alkanes of at least 4 members (excludes halogenated alkanes) is 6. The minimum absolute atomic E-state index is 0.142. The number of methoxy groups -OCH3 is 1. The van der Waals surface area contributed by atoms with Crippen molar-refractivity contribution >= 4 is 0 Å². The van der Waals surface area contributed by atoms with E-state index in [1.54, 1.807) is 7.11 Å². The predicted octanol–water partition coefficient (Wildman–Crippen LogP) is 6.32. The van der Waals surface area contributed by atoms with Crippen LogP contribution < -0.4 is 0 Å². The van der Waals surface area contributed by atoms with Gasteiger partial charge in [0, 0.05) is 13.0 Å². The van der Waals surface area contributed by atoms with Crippen LogP contribution in [0.15, 0.2) is 43.0 Å². The molecule has 0 spiro atoms. The Kier molecular flexibility index (Phi) is 9.90. The van der Waals surface area contributed by atoms with E-state index in [2.05, 4.69) is 49.9 Å². The molecule has 0 aromatic heterocycles. The van der Waals surface area contributed by atoms with E-state index in [-0.39, 0.29) is 6.10 Å². The van der Waals surface area contributed by atoms with Gasteiger partial charge in [-0.05, 0) is 12.0 Å². The molecule has 118 valence electrons. The van der Waals surface area contributed by atoms with E-state index in [1.165, 1.54) is 56.9 Å². The molecule has 0 unspecified atom stereocenters. The fraction of sp³-hybridized carbons (Fsp3) is 0.600. The number of hydrogen-bond acceptors (Lipinski definition) is 1. The van der Waals surface area contributed by atoms with Crippen molar-refractivity contribution in [1.29, 1.82) is 0 Å². The van der Waals surface area contributed by atoms with Gasteiger partial charge in [-0.15, -0.1) is 6.58 Å². The van der Waals surface area contributed by atoms with Crippen molar-refractivity contribution in [2.24, 2.45) is 5.92 Å². The van der Waals surface area contributed by atoms with Crippen LogP contribution in [0.4, 0.5) is 0 Å². The summed E-state index contributed by atoms with van der Waals surface area (Å²) < 4.78 is 5.73. The molecule has 0 heterocycles. The second kappa shape index (κ2) is 11.6. The van der Waals surface area contributed by atoms with Crippen LogP contribution in [0, 0.1) is 5.92 Å². The van der Waals surface area contributed by atoms with E-state index in [9.17, 15) is 0 Å². The first-order valence-electron chi connectivity index (χ1n) is 8.53. The Bertz CT molecular complexity index is 357. The second-order valence-corrected chi connectivity index (χ2v) is 5.88. The lowest BCUT2D eigenvalue weighted by Gasteiger charge is -2.23. The highest BCUT2D eigenvalue weighted by atomic mass is 16.5. The third kappa shape index (κ3) is 6.95. The molecule has 1 aromatic rings. The fourth-order valence-corrected chi connectivity index (χ4v) is 2.93. The molecule has 2 atom stereocenters. The van der Waals surface area contributed by atoms with E-state index < -0.39 is 0 Å². The molecule has 0 bridgehead atoms. The molecule has 0 amide bonds. The van der Waals surface area contributed by atoms with Crippen molar-refractivity contribution in [1.82, 2.24) is 0 Å². The Hall–Kier alpha value is -1.08. The standard InChI is InChI=1S/C20H32O/c1-4-6-7-8-9-10-12-15-18(5-2)20(21-3)19-16-13-11-14-17-19/h5,11,13-14,16-18,20H,2,4,6-10,12,15H2,1,3H3/t18-,20-/m0/s1. The molecule has 1 aromatic carbocycles. The monoisotopic (exact) mass is 288 g/mol. The average Bonchev–Trinajstić information content (AvgIpc) is 2.54. The van der Waals surface area contributed by atoms with Crippen LogP contribution in [0.2, 0.25) is 0 Å². The van der Waals surface area contributed by atoms with E-state index in [0.717, 1.165) is 0 Å². The van der Waals surface area contributed by atoms with Gasteiger partial charge < -0.3 is 4.74 Å². The number of hydrogen-bond donors (Lipinski definition) is 0. The number of benzene rings is 1. The quantitative estimate of drug-likeness (QED) is 0.323. The van der Waals surface area contributed by atoms with Crippen LogP contribution in [0.25, 0.3) is 0 Å². The maximum Gasteiger partial charge on any atom is 0.0883 e. The Morgan fingerprint density at radius 3 is 2.19 bits per heavy atom. The zero-order chi connectivity index (χ0) is 15.3. The van der Waals surface area contributed by atoms with Crippen molar-refractivity contribution in [3.05, 3.63) is 48.6 Å². The van der Waals surface area contributed by atoms with E-state index in [4.69, 9.17) is 4.74 Å². The predicted molar refractivity (Wildman–Crippen MR) is 92.5 cm³/mol. The number of rotatable bonds is 12. The average molecular weight is 288 g/mol. The highest BCUT2D eigenvalue weighted by Crippen LogP contribution is 2.30. The van der Waals surface area contributed by atoms with Crippen molar-refractivity contribution in [2.45, 2.75) is 64.4 Å². The minimum Gasteiger partial charge on any atom is -0.376 e. The van der Waals surface area contributed by atoms with Crippen molar-refractivity contribution in [3.8, 4) is 0 Å². The molecule has 0 fully saturated rings. The summed E-state index contributed by atoms with van der Waals surface area (Å²) in [5.74, 6) is 0.410. The molecule has 0 aliphatic rings. The van der Waals surface area contributed by atoms with Gasteiger partial charge in [0.15, 0.2) is 0 Å². The normalized spacial score (nSPS) is 13.8. The van der Waals surface area contributed by atoms with Crippen molar-refractivity contribution in [3.63, 3.8) is 0 Å². The Morgan fingerprint density at radius 2 is 1.62 bits per heavy atom. The molecule has 1 heteroatoms. The fourth-order valence-electron chi connectivity index (χ4n) is 2.93. The lowest BCUT2D eigenvalue weighted by Crippen LogP contribution is -2.13. The summed E-state index contributed by atoms with van der Waals surface area (Å²) in [5, 5.41) is 0. The van der Waals surface area contributed by atoms with Crippen LogP contribution >= 0.6 is 0 Å². The smallest absolute Gasteiger partial charge is 0.0883 e. The lowest BCUT2D eigenvalue weighted by atomic mass is 9.90. The molecule has 0 saturated carbocycles. The Morgan fingerprint density at radius 1 is 1.00 bits per heavy atom. The third-order valence-electron chi connectivity index (χ3n) is 4.21. The first-order valence-corrected chi connectivity index (χ1v) is 8.53. The summed E-state index contributed by atoms with van der Waals surface area (Å²) in [6, 6.07) is 10.5. The SMILES string of the molecule is C=C[C@@H](CCCCCCCCC)[C@H](OC)c1ccccc1. The first-order chi connectivity index (χ1) is 10.3. The Labute approximate surface area is 131 Å². The second-order valence-electron chi connectivity index (χ2n) is 5.88. The van der Waals surface area contributed by atoms with Gasteiger partial charge in [-0.25, -0.2) is 0 Å². The van der Waals surface area contributed by atoms with Gasteiger partial charge in [0.2, 0.25) is 0 Å². The van der Waals surface area contributed by atoms with Gasteiger partial charge in [-0.2, -0.15) is 0 Å². The molecule has 0 aliphatic carbocycles. The minimum atomic E-state index is 0.142. The molecule has 0 N–H and O–H groups in total. The summed E-state index contributed by atoms with van der Waals surface area (Å²) >= 11 is 0. The molecule has 21 heavy (non-hydrogen) atoms. The van der Waals surface area contributed by atoms with Gasteiger partial charge in [-0.3, -0.25) is 0 Å².